The lowest BCUT2D eigenvalue weighted by Crippen LogP contribution is -2.65. The smallest absolute Gasteiger partial charge is 0.325 e. The Bertz CT molecular complexity index is 854. The molecule has 4 N–H and O–H groups in total. The van der Waals surface area contributed by atoms with Gasteiger partial charge in [0.2, 0.25) is 5.78 Å². The third-order valence-electron chi connectivity index (χ3n) is 6.39. The number of aliphatic hydroxyl groups is 1. The van der Waals surface area contributed by atoms with Gasteiger partial charge in [-0.3, -0.25) is 15.4 Å². The van der Waals surface area contributed by atoms with E-state index in [1.165, 1.54) is 17.2 Å². The Balaban J connectivity index is 1.66. The molecule has 0 saturated carbocycles. The summed E-state index contributed by atoms with van der Waals surface area (Å²) in [5.41, 5.74) is 4.94. The molecule has 2 amide bonds. The van der Waals surface area contributed by atoms with Crippen molar-refractivity contribution in [2.24, 2.45) is 5.73 Å². The molecule has 9 heteroatoms. The van der Waals surface area contributed by atoms with Gasteiger partial charge >= 0.3 is 6.03 Å². The molecular formula is C22H33N3O5Si. The minimum absolute atomic E-state index is 0.0429. The lowest BCUT2D eigenvalue weighted by atomic mass is 9.97. The summed E-state index contributed by atoms with van der Waals surface area (Å²) < 4.78 is 12.1. The molecule has 0 aliphatic carbocycles. The maximum Gasteiger partial charge on any atom is 0.325 e. The molecule has 1 saturated heterocycles. The first-order valence-corrected chi connectivity index (χ1v) is 13.4. The molecule has 0 bridgehead atoms. The molecule has 0 aromatic heterocycles. The average molecular weight is 448 g/mol. The van der Waals surface area contributed by atoms with Crippen LogP contribution in [0.5, 0.6) is 0 Å². The Morgan fingerprint density at radius 1 is 1.35 bits per heavy atom. The lowest BCUT2D eigenvalue weighted by Gasteiger charge is -2.37. The number of carbonyl (C=O) groups excluding carboxylic acids is 2. The van der Waals surface area contributed by atoms with Gasteiger partial charge in [-0.15, -0.1) is 0 Å². The fraction of sp³-hybridized carbons (Fsp3) is 0.545. The van der Waals surface area contributed by atoms with E-state index >= 15 is 0 Å². The van der Waals surface area contributed by atoms with Crippen molar-refractivity contribution < 1.29 is 23.9 Å². The number of ether oxygens (including phenoxy) is 1. The van der Waals surface area contributed by atoms with Crippen molar-refractivity contribution in [1.82, 2.24) is 10.2 Å². The largest absolute Gasteiger partial charge is 0.414 e. The van der Waals surface area contributed by atoms with E-state index in [9.17, 15) is 14.7 Å². The second kappa shape index (κ2) is 8.48. The van der Waals surface area contributed by atoms with E-state index in [1.54, 1.807) is 30.3 Å². The molecule has 2 heterocycles. The van der Waals surface area contributed by atoms with Crippen molar-refractivity contribution in [3.8, 4) is 0 Å². The summed E-state index contributed by atoms with van der Waals surface area (Å²) in [6, 6.07) is 8.00. The maximum absolute atomic E-state index is 12.8. The SMILES string of the molecule is CC(C)(C)[Si](C)(C)OC[C@H]1O[C@@H](N2C=CC(N)(C(=O)c3ccccc3)NC2=O)C[C@@H]1O. The minimum Gasteiger partial charge on any atom is -0.414 e. The normalized spacial score (nSPS) is 29.2. The van der Waals surface area contributed by atoms with Gasteiger partial charge in [-0.2, -0.15) is 0 Å². The number of Topliss-reactive ketones (excluding diaryl/α,β-unsaturated/α-hetero) is 1. The molecule has 1 aromatic carbocycles. The molecule has 0 spiro atoms. The van der Waals surface area contributed by atoms with Crippen LogP contribution in [0.2, 0.25) is 18.1 Å². The van der Waals surface area contributed by atoms with E-state index in [4.69, 9.17) is 14.9 Å². The van der Waals surface area contributed by atoms with Gasteiger partial charge in [-0.25, -0.2) is 4.79 Å². The molecule has 3 rings (SSSR count). The fourth-order valence-corrected chi connectivity index (χ4v) is 4.29. The van der Waals surface area contributed by atoms with Gasteiger partial charge in [0.05, 0.1) is 12.7 Å². The number of hydrogen-bond donors (Lipinski definition) is 3. The number of urea groups is 1. The number of nitrogens with one attached hydrogen (secondary N) is 1. The Morgan fingerprint density at radius 3 is 2.58 bits per heavy atom. The second-order valence-electron chi connectivity index (χ2n) is 9.72. The molecule has 0 radical (unpaired) electrons. The molecule has 31 heavy (non-hydrogen) atoms. The van der Waals surface area contributed by atoms with Crippen LogP contribution in [0.3, 0.4) is 0 Å². The summed E-state index contributed by atoms with van der Waals surface area (Å²) in [5, 5.41) is 13.1. The number of nitrogens with zero attached hydrogens (tertiary/aromatic N) is 1. The maximum atomic E-state index is 12.8. The zero-order valence-corrected chi connectivity index (χ0v) is 19.8. The van der Waals surface area contributed by atoms with Gasteiger partial charge in [-0.05, 0) is 24.2 Å². The molecule has 8 nitrogen and oxygen atoms in total. The number of ketones is 1. The molecule has 1 unspecified atom stereocenters. The number of aliphatic hydroxyl groups excluding tert-OH is 1. The molecular weight excluding hydrogens is 414 g/mol. The van der Waals surface area contributed by atoms with Crippen molar-refractivity contribution in [1.29, 1.82) is 0 Å². The van der Waals surface area contributed by atoms with Gasteiger partial charge in [0.1, 0.15) is 12.3 Å². The fourth-order valence-electron chi connectivity index (χ4n) is 3.28. The highest BCUT2D eigenvalue weighted by Gasteiger charge is 2.45. The van der Waals surface area contributed by atoms with E-state index in [2.05, 4.69) is 39.2 Å². The van der Waals surface area contributed by atoms with Crippen LogP contribution >= 0.6 is 0 Å². The van der Waals surface area contributed by atoms with Crippen LogP contribution in [-0.2, 0) is 9.16 Å². The zero-order chi connectivity index (χ0) is 23.0. The Kier molecular flexibility index (Phi) is 6.46. The van der Waals surface area contributed by atoms with Crippen molar-refractivity contribution in [3.63, 3.8) is 0 Å². The van der Waals surface area contributed by atoms with Gasteiger partial charge in [-0.1, -0.05) is 51.1 Å². The Labute approximate surface area is 184 Å². The number of hydrogen-bond acceptors (Lipinski definition) is 6. The standard InChI is InChI=1S/C22H33N3O5Si/c1-21(2,3)31(4,5)29-14-17-16(26)13-18(30-17)25-12-11-22(23,24-20(25)28)19(27)15-9-7-6-8-10-15/h6-12,16-18,26H,13-14,23H2,1-5H3,(H,24,28)/t16-,17+,18+,22?/m0/s1. The van der Waals surface area contributed by atoms with Gasteiger partial charge in [0.15, 0.2) is 14.0 Å². The molecule has 1 aromatic rings. The summed E-state index contributed by atoms with van der Waals surface area (Å²) in [5.74, 6) is -0.412. The van der Waals surface area contributed by atoms with Crippen LogP contribution in [0.1, 0.15) is 37.6 Å². The van der Waals surface area contributed by atoms with Crippen LogP contribution in [0.4, 0.5) is 4.79 Å². The van der Waals surface area contributed by atoms with Crippen LogP contribution < -0.4 is 11.1 Å². The quantitative estimate of drug-likeness (QED) is 0.456. The van der Waals surface area contributed by atoms with Crippen LogP contribution in [0, 0.1) is 0 Å². The predicted octanol–water partition coefficient (Wildman–Crippen LogP) is 2.56. The summed E-state index contributed by atoms with van der Waals surface area (Å²) >= 11 is 0. The number of amides is 2. The Morgan fingerprint density at radius 2 is 2.00 bits per heavy atom. The number of carbonyl (C=O) groups is 2. The van der Waals surface area contributed by atoms with E-state index in [-0.39, 0.29) is 18.1 Å². The zero-order valence-electron chi connectivity index (χ0n) is 18.8. The molecule has 1 fully saturated rings. The van der Waals surface area contributed by atoms with E-state index in [0.717, 1.165) is 0 Å². The summed E-state index contributed by atoms with van der Waals surface area (Å²) in [6.45, 7) is 11.0. The van der Waals surface area contributed by atoms with Gasteiger partial charge in [0.25, 0.3) is 0 Å². The summed E-state index contributed by atoms with van der Waals surface area (Å²) in [7, 11) is -1.99. The first kappa shape index (κ1) is 23.6. The number of nitrogens with two attached hydrogens (primary N) is 1. The van der Waals surface area contributed by atoms with Crippen LogP contribution in [0.15, 0.2) is 42.6 Å². The third kappa shape index (κ3) is 4.91. The topological polar surface area (TPSA) is 114 Å². The van der Waals surface area contributed by atoms with E-state index in [0.29, 0.717) is 5.56 Å². The first-order valence-electron chi connectivity index (χ1n) is 10.5. The monoisotopic (exact) mass is 447 g/mol. The van der Waals surface area contributed by atoms with Crippen molar-refractivity contribution in [2.75, 3.05) is 6.61 Å². The predicted molar refractivity (Wildman–Crippen MR) is 120 cm³/mol. The van der Waals surface area contributed by atoms with Crippen LogP contribution in [-0.4, -0.2) is 60.8 Å². The molecule has 4 atom stereocenters. The highest BCUT2D eigenvalue weighted by atomic mass is 28.4. The second-order valence-corrected chi connectivity index (χ2v) is 14.5. The number of benzene rings is 1. The van der Waals surface area contributed by atoms with Crippen molar-refractivity contribution >= 4 is 20.1 Å². The minimum atomic E-state index is -1.99. The third-order valence-corrected chi connectivity index (χ3v) is 10.9. The number of rotatable bonds is 6. The van der Waals surface area contributed by atoms with Crippen LogP contribution in [0.25, 0.3) is 0 Å². The lowest BCUT2D eigenvalue weighted by molar-refractivity contribution is -0.0523. The van der Waals surface area contributed by atoms with Gasteiger partial charge in [0, 0.05) is 18.2 Å². The highest BCUT2D eigenvalue weighted by Crippen LogP contribution is 2.37. The molecule has 170 valence electrons. The first-order chi connectivity index (χ1) is 14.3. The highest BCUT2D eigenvalue weighted by molar-refractivity contribution is 6.74. The van der Waals surface area contributed by atoms with Crippen molar-refractivity contribution in [2.45, 2.75) is 69.4 Å². The summed E-state index contributed by atoms with van der Waals surface area (Å²) in [4.78, 5) is 26.8. The summed E-state index contributed by atoms with van der Waals surface area (Å²) in [6.07, 6.45) is 1.18. The average Bonchev–Trinajstić information content (AvgIpc) is 3.06. The Hall–Kier alpha value is -2.04. The molecule has 2 aliphatic heterocycles. The van der Waals surface area contributed by atoms with E-state index in [1.807, 2.05) is 0 Å². The molecule has 2 aliphatic rings. The van der Waals surface area contributed by atoms with Gasteiger partial charge < -0.3 is 19.6 Å². The van der Waals surface area contributed by atoms with E-state index < -0.39 is 44.2 Å². The van der Waals surface area contributed by atoms with Crippen molar-refractivity contribution in [3.05, 3.63) is 48.2 Å².